The standard InChI is InChI=1S/C10H10N2O2/c13-10(14)9-2-1-8(12-9)7-3-5-11-6-4-7/h3-6,9H,1-2H2,(H,13,14)/t9-/m0/s1. The molecule has 0 radical (unpaired) electrons. The molecule has 1 aromatic heterocycles. The number of carboxylic acids is 1. The number of aromatic nitrogens is 1. The number of aliphatic imine (C=N–C) groups is 1. The second-order valence-electron chi connectivity index (χ2n) is 3.20. The van der Waals surface area contributed by atoms with Crippen molar-refractivity contribution in [2.45, 2.75) is 18.9 Å². The first-order valence-electron chi connectivity index (χ1n) is 4.47. The first kappa shape index (κ1) is 8.87. The Morgan fingerprint density at radius 3 is 2.71 bits per heavy atom. The lowest BCUT2D eigenvalue weighted by atomic mass is 10.1. The predicted octanol–water partition coefficient (Wildman–Crippen LogP) is 1.12. The lowest BCUT2D eigenvalue weighted by molar-refractivity contribution is -0.138. The topological polar surface area (TPSA) is 62.5 Å². The Morgan fingerprint density at radius 2 is 2.14 bits per heavy atom. The van der Waals surface area contributed by atoms with E-state index >= 15 is 0 Å². The Hall–Kier alpha value is -1.71. The van der Waals surface area contributed by atoms with Crippen LogP contribution in [0.3, 0.4) is 0 Å². The molecule has 0 aliphatic carbocycles. The van der Waals surface area contributed by atoms with Crippen molar-refractivity contribution in [1.29, 1.82) is 0 Å². The van der Waals surface area contributed by atoms with Crippen LogP contribution in [0.2, 0.25) is 0 Å². The van der Waals surface area contributed by atoms with Crippen LogP contribution in [0.1, 0.15) is 18.4 Å². The molecule has 0 amide bonds. The summed E-state index contributed by atoms with van der Waals surface area (Å²) in [4.78, 5) is 18.7. The molecule has 1 aliphatic heterocycles. The fourth-order valence-electron chi connectivity index (χ4n) is 1.53. The van der Waals surface area contributed by atoms with Gasteiger partial charge in [-0.1, -0.05) is 0 Å². The van der Waals surface area contributed by atoms with E-state index in [9.17, 15) is 4.79 Å². The molecule has 1 atom stereocenters. The van der Waals surface area contributed by atoms with Crippen LogP contribution < -0.4 is 0 Å². The van der Waals surface area contributed by atoms with Crippen LogP contribution in [0, 0.1) is 0 Å². The summed E-state index contributed by atoms with van der Waals surface area (Å²) in [5, 5.41) is 8.76. The van der Waals surface area contributed by atoms with Gasteiger partial charge >= 0.3 is 5.97 Å². The van der Waals surface area contributed by atoms with Gasteiger partial charge in [-0.25, -0.2) is 4.79 Å². The van der Waals surface area contributed by atoms with E-state index in [2.05, 4.69) is 9.98 Å². The molecular weight excluding hydrogens is 180 g/mol. The van der Waals surface area contributed by atoms with Crippen molar-refractivity contribution in [1.82, 2.24) is 4.98 Å². The quantitative estimate of drug-likeness (QED) is 0.760. The molecule has 2 rings (SSSR count). The van der Waals surface area contributed by atoms with Crippen LogP contribution in [0.5, 0.6) is 0 Å². The van der Waals surface area contributed by atoms with Crippen molar-refractivity contribution in [3.8, 4) is 0 Å². The van der Waals surface area contributed by atoms with Gasteiger partial charge in [0.25, 0.3) is 0 Å². The number of carboxylic acid groups (broad SMARTS) is 1. The molecule has 0 aromatic carbocycles. The third kappa shape index (κ3) is 1.64. The number of hydrogen-bond acceptors (Lipinski definition) is 3. The largest absolute Gasteiger partial charge is 0.480 e. The van der Waals surface area contributed by atoms with Gasteiger partial charge in [0.2, 0.25) is 0 Å². The van der Waals surface area contributed by atoms with Crippen molar-refractivity contribution in [3.05, 3.63) is 30.1 Å². The van der Waals surface area contributed by atoms with Crippen molar-refractivity contribution < 1.29 is 9.90 Å². The summed E-state index contributed by atoms with van der Waals surface area (Å²) in [5.74, 6) is -0.839. The lowest BCUT2D eigenvalue weighted by Crippen LogP contribution is -2.13. The summed E-state index contributed by atoms with van der Waals surface area (Å²) in [6.07, 6.45) is 4.71. The zero-order valence-corrected chi connectivity index (χ0v) is 7.55. The minimum absolute atomic E-state index is 0.557. The fraction of sp³-hybridized carbons (Fsp3) is 0.300. The second-order valence-corrected chi connectivity index (χ2v) is 3.20. The van der Waals surface area contributed by atoms with Crippen LogP contribution in [-0.4, -0.2) is 27.8 Å². The van der Waals surface area contributed by atoms with Crippen molar-refractivity contribution in [2.24, 2.45) is 4.99 Å². The van der Waals surface area contributed by atoms with E-state index in [1.807, 2.05) is 12.1 Å². The van der Waals surface area contributed by atoms with E-state index in [1.165, 1.54) is 0 Å². The number of hydrogen-bond donors (Lipinski definition) is 1. The maximum atomic E-state index is 10.7. The third-order valence-corrected chi connectivity index (χ3v) is 2.26. The smallest absolute Gasteiger partial charge is 0.328 e. The summed E-state index contributed by atoms with van der Waals surface area (Å²) in [7, 11) is 0. The van der Waals surface area contributed by atoms with Gasteiger partial charge in [-0.15, -0.1) is 0 Å². The first-order valence-corrected chi connectivity index (χ1v) is 4.47. The number of carbonyl (C=O) groups is 1. The zero-order chi connectivity index (χ0) is 9.97. The van der Waals surface area contributed by atoms with Gasteiger partial charge in [0.15, 0.2) is 0 Å². The highest BCUT2D eigenvalue weighted by Crippen LogP contribution is 2.18. The molecule has 0 fully saturated rings. The molecule has 0 unspecified atom stereocenters. The highest BCUT2D eigenvalue weighted by atomic mass is 16.4. The van der Waals surface area contributed by atoms with Gasteiger partial charge in [-0.3, -0.25) is 9.98 Å². The highest BCUT2D eigenvalue weighted by Gasteiger charge is 2.23. The Morgan fingerprint density at radius 1 is 1.43 bits per heavy atom. The Kier molecular flexibility index (Phi) is 2.26. The molecule has 1 N–H and O–H groups in total. The third-order valence-electron chi connectivity index (χ3n) is 2.26. The van der Waals surface area contributed by atoms with Crippen LogP contribution in [0.15, 0.2) is 29.5 Å². The molecule has 2 heterocycles. The highest BCUT2D eigenvalue weighted by molar-refractivity contribution is 6.03. The molecule has 0 saturated carbocycles. The average Bonchev–Trinajstić information content (AvgIpc) is 2.68. The molecule has 14 heavy (non-hydrogen) atoms. The molecule has 1 aliphatic rings. The van der Waals surface area contributed by atoms with E-state index in [-0.39, 0.29) is 0 Å². The number of aliphatic carboxylic acids is 1. The SMILES string of the molecule is O=C(O)[C@@H]1CCC(c2ccncc2)=N1. The van der Waals surface area contributed by atoms with Crippen LogP contribution in [-0.2, 0) is 4.79 Å². The lowest BCUT2D eigenvalue weighted by Gasteiger charge is -1.97. The van der Waals surface area contributed by atoms with E-state index in [4.69, 9.17) is 5.11 Å². The van der Waals surface area contributed by atoms with Crippen molar-refractivity contribution >= 4 is 11.7 Å². The maximum Gasteiger partial charge on any atom is 0.328 e. The fourth-order valence-corrected chi connectivity index (χ4v) is 1.53. The van der Waals surface area contributed by atoms with Crippen LogP contribution in [0.25, 0.3) is 0 Å². The molecule has 0 saturated heterocycles. The van der Waals surface area contributed by atoms with Gasteiger partial charge in [-0.2, -0.15) is 0 Å². The van der Waals surface area contributed by atoms with Gasteiger partial charge in [0, 0.05) is 18.1 Å². The molecule has 1 aromatic rings. The van der Waals surface area contributed by atoms with E-state index in [0.29, 0.717) is 6.42 Å². The second kappa shape index (κ2) is 3.57. The molecule has 0 spiro atoms. The van der Waals surface area contributed by atoms with E-state index in [1.54, 1.807) is 12.4 Å². The van der Waals surface area contributed by atoms with E-state index < -0.39 is 12.0 Å². The summed E-state index contributed by atoms with van der Waals surface area (Å²) in [6.45, 7) is 0. The monoisotopic (exact) mass is 190 g/mol. The zero-order valence-electron chi connectivity index (χ0n) is 7.55. The molecular formula is C10H10N2O2. The normalized spacial score (nSPS) is 20.6. The number of rotatable bonds is 2. The first-order chi connectivity index (χ1) is 6.77. The predicted molar refractivity (Wildman–Crippen MR) is 51.4 cm³/mol. The van der Waals surface area contributed by atoms with Gasteiger partial charge in [0.05, 0.1) is 0 Å². The summed E-state index contributed by atoms with van der Waals surface area (Å²) < 4.78 is 0. The molecule has 0 bridgehead atoms. The Bertz CT molecular complexity index is 373. The minimum atomic E-state index is -0.839. The maximum absolute atomic E-state index is 10.7. The molecule has 4 nitrogen and oxygen atoms in total. The van der Waals surface area contributed by atoms with Crippen LogP contribution in [0.4, 0.5) is 0 Å². The average molecular weight is 190 g/mol. The van der Waals surface area contributed by atoms with Gasteiger partial charge < -0.3 is 5.11 Å². The van der Waals surface area contributed by atoms with E-state index in [0.717, 1.165) is 17.7 Å². The van der Waals surface area contributed by atoms with Gasteiger partial charge in [0.1, 0.15) is 6.04 Å². The summed E-state index contributed by atoms with van der Waals surface area (Å²) in [5.41, 5.74) is 1.85. The summed E-state index contributed by atoms with van der Waals surface area (Å²) in [6, 6.07) is 3.14. The molecule has 72 valence electrons. The minimum Gasteiger partial charge on any atom is -0.480 e. The number of nitrogens with zero attached hydrogens (tertiary/aromatic N) is 2. The summed E-state index contributed by atoms with van der Waals surface area (Å²) >= 11 is 0. The van der Waals surface area contributed by atoms with Gasteiger partial charge in [-0.05, 0) is 30.5 Å². The Labute approximate surface area is 81.3 Å². The van der Waals surface area contributed by atoms with Crippen molar-refractivity contribution in [3.63, 3.8) is 0 Å². The van der Waals surface area contributed by atoms with Crippen LogP contribution >= 0.6 is 0 Å². The number of pyridine rings is 1. The molecule has 4 heteroatoms. The van der Waals surface area contributed by atoms with Crippen molar-refractivity contribution in [2.75, 3.05) is 0 Å². The Balaban J connectivity index is 2.22.